The van der Waals surface area contributed by atoms with Gasteiger partial charge in [-0.2, -0.15) is 0 Å². The first kappa shape index (κ1) is 15.5. The van der Waals surface area contributed by atoms with Crippen LogP contribution in [0.2, 0.25) is 0 Å². The van der Waals surface area contributed by atoms with Crippen molar-refractivity contribution in [2.45, 2.75) is 17.9 Å². The highest BCUT2D eigenvalue weighted by Crippen LogP contribution is 2.13. The molecule has 0 unspecified atom stereocenters. The Morgan fingerprint density at radius 1 is 1.53 bits per heavy atom. The summed E-state index contributed by atoms with van der Waals surface area (Å²) in [4.78, 5) is 10.6. The van der Waals surface area contributed by atoms with Gasteiger partial charge in [0.15, 0.2) is 6.10 Å². The van der Waals surface area contributed by atoms with Crippen LogP contribution in [0.5, 0.6) is 0 Å². The lowest BCUT2D eigenvalue weighted by molar-refractivity contribution is -0.149. The van der Waals surface area contributed by atoms with E-state index in [1.165, 1.54) is 19.1 Å². The van der Waals surface area contributed by atoms with Crippen LogP contribution in [0.25, 0.3) is 0 Å². The normalized spacial score (nSPS) is 13.1. The van der Waals surface area contributed by atoms with Crippen LogP contribution < -0.4 is 4.72 Å². The monoisotopic (exact) mass is 291 g/mol. The number of aliphatic hydroxyl groups excluding tert-OH is 1. The molecule has 0 amide bonds. The number of ether oxygens (including phenoxy) is 1. The van der Waals surface area contributed by atoms with Crippen LogP contribution in [-0.2, 0) is 19.6 Å². The summed E-state index contributed by atoms with van der Waals surface area (Å²) in [6, 6.07) is 3.41. The highest BCUT2D eigenvalue weighted by Gasteiger charge is 2.21. The number of methoxy groups -OCH3 is 1. The molecule has 1 aromatic rings. The van der Waals surface area contributed by atoms with E-state index in [1.807, 2.05) is 4.72 Å². The molecule has 8 heteroatoms. The van der Waals surface area contributed by atoms with E-state index in [1.54, 1.807) is 0 Å². The van der Waals surface area contributed by atoms with Crippen LogP contribution in [0.4, 0.5) is 4.39 Å². The largest absolute Gasteiger partial charge is 0.467 e. The van der Waals surface area contributed by atoms with E-state index in [0.29, 0.717) is 5.56 Å². The molecule has 0 saturated heterocycles. The predicted octanol–water partition coefficient (Wildman–Crippen LogP) is -0.0537. The second kappa shape index (κ2) is 6.09. The van der Waals surface area contributed by atoms with E-state index in [9.17, 15) is 22.7 Å². The Morgan fingerprint density at radius 2 is 2.16 bits per heavy atom. The van der Waals surface area contributed by atoms with Gasteiger partial charge in [0.05, 0.1) is 12.0 Å². The molecular weight excluding hydrogens is 277 g/mol. The molecule has 1 aromatic carbocycles. The summed E-state index contributed by atoms with van der Waals surface area (Å²) in [7, 11) is -2.93. The summed E-state index contributed by atoms with van der Waals surface area (Å²) in [5.74, 6) is -1.62. The number of benzene rings is 1. The third-order valence-electron chi connectivity index (χ3n) is 2.39. The molecule has 1 rings (SSSR count). The lowest BCUT2D eigenvalue weighted by Gasteiger charge is -2.10. The lowest BCUT2D eigenvalue weighted by Crippen LogP contribution is -2.37. The maximum atomic E-state index is 13.3. The lowest BCUT2D eigenvalue weighted by atomic mass is 10.2. The number of rotatable bonds is 5. The van der Waals surface area contributed by atoms with Crippen molar-refractivity contribution in [2.24, 2.45) is 0 Å². The number of hydrogen-bond donors (Lipinski definition) is 2. The number of aliphatic hydroxyl groups is 1. The number of nitrogens with one attached hydrogen (secondary N) is 1. The fourth-order valence-corrected chi connectivity index (χ4v) is 2.28. The minimum absolute atomic E-state index is 0.285. The topological polar surface area (TPSA) is 92.7 Å². The molecule has 0 heterocycles. The van der Waals surface area contributed by atoms with Gasteiger partial charge in [0.2, 0.25) is 10.0 Å². The third kappa shape index (κ3) is 3.98. The number of aryl methyl sites for hydroxylation is 1. The van der Waals surface area contributed by atoms with Crippen molar-refractivity contribution in [2.75, 3.05) is 13.7 Å². The second-order valence-electron chi connectivity index (χ2n) is 3.80. The zero-order chi connectivity index (χ0) is 14.6. The summed E-state index contributed by atoms with van der Waals surface area (Å²) >= 11 is 0. The standard InChI is InChI=1S/C11H14FNO5S/c1-7-3-4-8(5-9(7)12)19(16,17)13-6-10(14)11(15)18-2/h3-5,10,13-14H,6H2,1-2H3/t10-/m1/s1. The first-order chi connectivity index (χ1) is 8.77. The van der Waals surface area contributed by atoms with Crippen molar-refractivity contribution in [1.82, 2.24) is 4.72 Å². The average Bonchev–Trinajstić information content (AvgIpc) is 2.38. The minimum Gasteiger partial charge on any atom is -0.467 e. The number of hydrogen-bond acceptors (Lipinski definition) is 5. The molecule has 0 fully saturated rings. The highest BCUT2D eigenvalue weighted by atomic mass is 32.2. The highest BCUT2D eigenvalue weighted by molar-refractivity contribution is 7.89. The molecule has 106 valence electrons. The van der Waals surface area contributed by atoms with Crippen LogP contribution in [0.1, 0.15) is 5.56 Å². The summed E-state index contributed by atoms with van der Waals surface area (Å²) < 4.78 is 43.0. The summed E-state index contributed by atoms with van der Waals surface area (Å²) in [6.45, 7) is 0.949. The predicted molar refractivity (Wildman–Crippen MR) is 64.3 cm³/mol. The van der Waals surface area contributed by atoms with Gasteiger partial charge in [-0.25, -0.2) is 22.3 Å². The number of halogens is 1. The van der Waals surface area contributed by atoms with Gasteiger partial charge in [0, 0.05) is 6.54 Å². The molecule has 6 nitrogen and oxygen atoms in total. The van der Waals surface area contributed by atoms with E-state index in [4.69, 9.17) is 0 Å². The minimum atomic E-state index is -3.99. The Morgan fingerprint density at radius 3 is 2.68 bits per heavy atom. The first-order valence-electron chi connectivity index (χ1n) is 5.29. The maximum absolute atomic E-state index is 13.3. The van der Waals surface area contributed by atoms with Crippen molar-refractivity contribution in [3.8, 4) is 0 Å². The average molecular weight is 291 g/mol. The fourth-order valence-electron chi connectivity index (χ4n) is 1.23. The Labute approximate surface area is 110 Å². The van der Waals surface area contributed by atoms with Crippen LogP contribution in [0.15, 0.2) is 23.1 Å². The Kier molecular flexibility index (Phi) is 4.98. The van der Waals surface area contributed by atoms with Crippen LogP contribution in [-0.4, -0.2) is 39.3 Å². The SMILES string of the molecule is COC(=O)[C@H](O)CNS(=O)(=O)c1ccc(C)c(F)c1. The third-order valence-corrected chi connectivity index (χ3v) is 3.81. The molecule has 19 heavy (non-hydrogen) atoms. The smallest absolute Gasteiger partial charge is 0.336 e. The van der Waals surface area contributed by atoms with Crippen molar-refractivity contribution < 1.29 is 27.4 Å². The molecule has 0 aliphatic heterocycles. The maximum Gasteiger partial charge on any atom is 0.336 e. The van der Waals surface area contributed by atoms with Crippen LogP contribution >= 0.6 is 0 Å². The van der Waals surface area contributed by atoms with Gasteiger partial charge in [-0.1, -0.05) is 6.07 Å². The van der Waals surface area contributed by atoms with Gasteiger partial charge >= 0.3 is 5.97 Å². The summed E-state index contributed by atoms with van der Waals surface area (Å²) in [5, 5.41) is 9.25. The van der Waals surface area contributed by atoms with E-state index in [0.717, 1.165) is 13.2 Å². The van der Waals surface area contributed by atoms with E-state index < -0.39 is 34.5 Å². The quantitative estimate of drug-likeness (QED) is 0.742. The number of esters is 1. The first-order valence-corrected chi connectivity index (χ1v) is 6.78. The van der Waals surface area contributed by atoms with Gasteiger partial charge in [-0.3, -0.25) is 0 Å². The summed E-state index contributed by atoms with van der Waals surface area (Å²) in [5.41, 5.74) is 0.313. The van der Waals surface area contributed by atoms with Crippen LogP contribution in [0, 0.1) is 12.7 Å². The Bertz CT molecular complexity index is 572. The molecule has 0 bridgehead atoms. The Balaban J connectivity index is 2.81. The number of carbonyl (C=O) groups is 1. The van der Waals surface area contributed by atoms with Gasteiger partial charge < -0.3 is 9.84 Å². The van der Waals surface area contributed by atoms with Gasteiger partial charge in [-0.05, 0) is 24.6 Å². The number of sulfonamides is 1. The number of carbonyl (C=O) groups excluding carboxylic acids is 1. The van der Waals surface area contributed by atoms with Crippen molar-refractivity contribution >= 4 is 16.0 Å². The molecule has 1 atom stereocenters. The fraction of sp³-hybridized carbons (Fsp3) is 0.364. The van der Waals surface area contributed by atoms with Crippen molar-refractivity contribution in [3.05, 3.63) is 29.6 Å². The van der Waals surface area contributed by atoms with E-state index in [-0.39, 0.29) is 4.90 Å². The molecule has 0 aliphatic rings. The van der Waals surface area contributed by atoms with Crippen LogP contribution in [0.3, 0.4) is 0 Å². The van der Waals surface area contributed by atoms with Gasteiger partial charge in [0.1, 0.15) is 5.82 Å². The molecule has 0 radical (unpaired) electrons. The van der Waals surface area contributed by atoms with Crippen molar-refractivity contribution in [1.29, 1.82) is 0 Å². The zero-order valence-electron chi connectivity index (χ0n) is 10.4. The molecule has 2 N–H and O–H groups in total. The Hall–Kier alpha value is -1.51. The second-order valence-corrected chi connectivity index (χ2v) is 5.57. The van der Waals surface area contributed by atoms with Gasteiger partial charge in [-0.15, -0.1) is 0 Å². The molecule has 0 saturated carbocycles. The van der Waals surface area contributed by atoms with E-state index in [2.05, 4.69) is 4.74 Å². The van der Waals surface area contributed by atoms with E-state index >= 15 is 0 Å². The molecular formula is C11H14FNO5S. The molecule has 0 aliphatic carbocycles. The zero-order valence-corrected chi connectivity index (χ0v) is 11.2. The summed E-state index contributed by atoms with van der Waals surface area (Å²) in [6.07, 6.45) is -1.62. The van der Waals surface area contributed by atoms with Gasteiger partial charge in [0.25, 0.3) is 0 Å². The van der Waals surface area contributed by atoms with Crippen molar-refractivity contribution in [3.63, 3.8) is 0 Å². The molecule has 0 aromatic heterocycles. The molecule has 0 spiro atoms.